The fourth-order valence-corrected chi connectivity index (χ4v) is 4.02. The lowest BCUT2D eigenvalue weighted by Gasteiger charge is -2.22. The molecule has 0 saturated heterocycles. The van der Waals surface area contributed by atoms with Gasteiger partial charge in [0.1, 0.15) is 11.5 Å². The van der Waals surface area contributed by atoms with Gasteiger partial charge in [0, 0.05) is 12.0 Å². The fraction of sp³-hybridized carbons (Fsp3) is 0.333. The molecule has 154 valence electrons. The number of primary amides is 1. The summed E-state index contributed by atoms with van der Waals surface area (Å²) >= 11 is 0. The van der Waals surface area contributed by atoms with E-state index in [9.17, 15) is 9.59 Å². The second-order valence-electron chi connectivity index (χ2n) is 8.19. The number of carboxylic acid groups (broad SMARTS) is 1. The molecule has 0 aliphatic carbocycles. The van der Waals surface area contributed by atoms with Gasteiger partial charge < -0.3 is 15.6 Å². The Morgan fingerprint density at radius 2 is 1.72 bits per heavy atom. The van der Waals surface area contributed by atoms with Gasteiger partial charge in [-0.1, -0.05) is 43.9 Å². The largest absolute Gasteiger partial charge is 0.479 e. The van der Waals surface area contributed by atoms with E-state index in [4.69, 9.17) is 15.6 Å². The molecule has 0 spiro atoms. The zero-order chi connectivity index (χ0) is 21.7. The first kappa shape index (κ1) is 22.3. The lowest BCUT2D eigenvalue weighted by molar-refractivity contribution is -0.142. The number of ether oxygens (including phenoxy) is 1. The Hall–Kier alpha value is -3.00. The van der Waals surface area contributed by atoms with Crippen molar-refractivity contribution >= 4 is 20.0 Å². The molecule has 0 bridgehead atoms. The van der Waals surface area contributed by atoms with Crippen molar-refractivity contribution in [1.82, 2.24) is 0 Å². The van der Waals surface area contributed by atoms with Gasteiger partial charge in [0.25, 0.3) is 0 Å². The minimum Gasteiger partial charge on any atom is -0.479 e. The number of rotatable bonds is 5. The highest BCUT2D eigenvalue weighted by Crippen LogP contribution is 2.32. The van der Waals surface area contributed by atoms with E-state index < -0.39 is 25.5 Å². The van der Waals surface area contributed by atoms with E-state index in [1.54, 1.807) is 31.2 Å². The predicted molar refractivity (Wildman–Crippen MR) is 114 cm³/mol. The van der Waals surface area contributed by atoms with Gasteiger partial charge in [-0.25, -0.2) is 4.79 Å². The van der Waals surface area contributed by atoms with Gasteiger partial charge in [0.15, 0.2) is 5.54 Å². The molecule has 0 aromatic heterocycles. The third kappa shape index (κ3) is 6.25. The molecule has 1 amide bonds. The quantitative estimate of drug-likeness (QED) is 0.702. The SMILES string of the molecule is CC1(C(=O)O)CC([Si](C)(C)C)N=N1.NC(=O)c1cccc(Oc2ccccc2)c1. The van der Waals surface area contributed by atoms with Gasteiger partial charge in [-0.2, -0.15) is 10.2 Å². The number of amides is 1. The van der Waals surface area contributed by atoms with E-state index >= 15 is 0 Å². The van der Waals surface area contributed by atoms with E-state index in [-0.39, 0.29) is 5.67 Å². The normalized spacial score (nSPS) is 20.5. The zero-order valence-electron chi connectivity index (χ0n) is 17.1. The van der Waals surface area contributed by atoms with Crippen LogP contribution in [-0.2, 0) is 4.79 Å². The van der Waals surface area contributed by atoms with Crippen molar-refractivity contribution in [1.29, 1.82) is 0 Å². The maximum atomic E-state index is 11.0. The number of aliphatic carboxylic acids is 1. The summed E-state index contributed by atoms with van der Waals surface area (Å²) in [5.41, 5.74) is 4.81. The van der Waals surface area contributed by atoms with Crippen molar-refractivity contribution in [3.8, 4) is 11.5 Å². The number of para-hydroxylation sites is 1. The first-order valence-electron chi connectivity index (χ1n) is 9.29. The highest BCUT2D eigenvalue weighted by molar-refractivity contribution is 6.77. The van der Waals surface area contributed by atoms with Crippen LogP contribution in [0.5, 0.6) is 11.5 Å². The molecule has 7 nitrogen and oxygen atoms in total. The van der Waals surface area contributed by atoms with Crippen LogP contribution < -0.4 is 10.5 Å². The summed E-state index contributed by atoms with van der Waals surface area (Å²) in [7, 11) is -1.38. The van der Waals surface area contributed by atoms with Gasteiger partial charge in [-0.05, 0) is 37.3 Å². The third-order valence-corrected chi connectivity index (χ3v) is 6.89. The molecule has 0 radical (unpaired) electrons. The standard InChI is InChI=1S/C13H11NO2.C8H16N2O2Si/c14-13(15)10-5-4-8-12(9-10)16-11-6-2-1-3-7-11;1-8(7(11)12)5-6(9-10-8)13(2,3)4/h1-9H,(H2,14,15);6H,5H2,1-4H3,(H,11,12). The number of carboxylic acids is 1. The van der Waals surface area contributed by atoms with Crippen molar-refractivity contribution in [2.24, 2.45) is 16.0 Å². The predicted octanol–water partition coefficient (Wildman–Crippen LogP) is 4.51. The van der Waals surface area contributed by atoms with Crippen molar-refractivity contribution in [3.63, 3.8) is 0 Å². The van der Waals surface area contributed by atoms with Crippen molar-refractivity contribution in [2.45, 2.75) is 44.2 Å². The minimum absolute atomic E-state index is 0.161. The Bertz CT molecular complexity index is 896. The van der Waals surface area contributed by atoms with Gasteiger partial charge in [0.2, 0.25) is 5.91 Å². The molecule has 2 atom stereocenters. The van der Waals surface area contributed by atoms with Crippen molar-refractivity contribution in [3.05, 3.63) is 60.2 Å². The smallest absolute Gasteiger partial charge is 0.333 e. The molecule has 1 aliphatic rings. The summed E-state index contributed by atoms with van der Waals surface area (Å²) in [6.07, 6.45) is 0.568. The maximum Gasteiger partial charge on any atom is 0.333 e. The first-order chi connectivity index (χ1) is 13.5. The Kier molecular flexibility index (Phi) is 6.92. The summed E-state index contributed by atoms with van der Waals surface area (Å²) in [5.74, 6) is 0.00197. The molecule has 1 aliphatic heterocycles. The first-order valence-corrected chi connectivity index (χ1v) is 12.9. The topological polar surface area (TPSA) is 114 Å². The Labute approximate surface area is 171 Å². The van der Waals surface area contributed by atoms with Crippen LogP contribution in [0.3, 0.4) is 0 Å². The molecule has 2 aromatic carbocycles. The Balaban J connectivity index is 0.000000212. The van der Waals surface area contributed by atoms with E-state index in [1.165, 1.54) is 0 Å². The van der Waals surface area contributed by atoms with E-state index in [0.717, 1.165) is 5.75 Å². The molecule has 3 N–H and O–H groups in total. The number of hydrogen-bond donors (Lipinski definition) is 2. The molecule has 0 saturated carbocycles. The third-order valence-electron chi connectivity index (χ3n) is 4.57. The second-order valence-corrected chi connectivity index (χ2v) is 13.6. The second kappa shape index (κ2) is 9.00. The monoisotopic (exact) mass is 413 g/mol. The Morgan fingerprint density at radius 1 is 1.10 bits per heavy atom. The number of azo groups is 1. The Morgan fingerprint density at radius 3 is 2.21 bits per heavy atom. The average Bonchev–Trinajstić information content (AvgIpc) is 3.08. The van der Waals surface area contributed by atoms with Gasteiger partial charge in [-0.3, -0.25) is 4.79 Å². The summed E-state index contributed by atoms with van der Waals surface area (Å²) in [6, 6.07) is 16.1. The summed E-state index contributed by atoms with van der Waals surface area (Å²) in [6.45, 7) is 8.19. The van der Waals surface area contributed by atoms with Crippen molar-refractivity contribution in [2.75, 3.05) is 0 Å². The van der Waals surface area contributed by atoms with Gasteiger partial charge in [-0.15, -0.1) is 0 Å². The molecule has 1 heterocycles. The van der Waals surface area contributed by atoms with Crippen LogP contribution in [0.1, 0.15) is 23.7 Å². The molecule has 8 heteroatoms. The van der Waals surface area contributed by atoms with E-state index in [1.807, 2.05) is 30.3 Å². The van der Waals surface area contributed by atoms with Crippen LogP contribution in [0.4, 0.5) is 0 Å². The van der Waals surface area contributed by atoms with Crippen LogP contribution in [-0.4, -0.2) is 36.3 Å². The van der Waals surface area contributed by atoms with E-state index in [2.05, 4.69) is 29.9 Å². The fourth-order valence-electron chi connectivity index (χ4n) is 2.60. The molecule has 2 unspecified atom stereocenters. The van der Waals surface area contributed by atoms with Crippen molar-refractivity contribution < 1.29 is 19.4 Å². The number of benzene rings is 2. The van der Waals surface area contributed by atoms with Gasteiger partial charge >= 0.3 is 5.97 Å². The van der Waals surface area contributed by atoms with Crippen LogP contribution >= 0.6 is 0 Å². The van der Waals surface area contributed by atoms with Crippen LogP contribution in [0, 0.1) is 0 Å². The number of nitrogens with zero attached hydrogens (tertiary/aromatic N) is 2. The average molecular weight is 414 g/mol. The van der Waals surface area contributed by atoms with Crippen LogP contribution in [0.15, 0.2) is 64.8 Å². The number of hydrogen-bond acceptors (Lipinski definition) is 5. The number of carbonyl (C=O) groups is 2. The van der Waals surface area contributed by atoms with Gasteiger partial charge in [0.05, 0.1) is 13.7 Å². The summed E-state index contributed by atoms with van der Waals surface area (Å²) in [5, 5.41) is 16.9. The van der Waals surface area contributed by atoms with Crippen LogP contribution in [0.25, 0.3) is 0 Å². The lowest BCUT2D eigenvalue weighted by atomic mass is 10.0. The maximum absolute atomic E-state index is 11.0. The highest BCUT2D eigenvalue weighted by atomic mass is 28.3. The summed E-state index contributed by atoms with van der Waals surface area (Å²) < 4.78 is 5.56. The number of carbonyl (C=O) groups excluding carboxylic acids is 1. The lowest BCUT2D eigenvalue weighted by Crippen LogP contribution is -2.40. The molecule has 3 rings (SSSR count). The summed E-state index contributed by atoms with van der Waals surface area (Å²) in [4.78, 5) is 21.8. The molecular weight excluding hydrogens is 386 g/mol. The molecule has 0 fully saturated rings. The minimum atomic E-state index is -1.38. The van der Waals surface area contributed by atoms with E-state index in [0.29, 0.717) is 17.7 Å². The zero-order valence-corrected chi connectivity index (χ0v) is 18.1. The molecule has 2 aromatic rings. The van der Waals surface area contributed by atoms with Crippen LogP contribution in [0.2, 0.25) is 19.6 Å². The number of nitrogens with two attached hydrogens (primary N) is 1. The molecule has 29 heavy (non-hydrogen) atoms. The molecular formula is C21H27N3O4Si. The highest BCUT2D eigenvalue weighted by Gasteiger charge is 2.44.